The molecule has 0 aliphatic rings. The molecule has 1 N–H and O–H groups in total. The number of ether oxygens (including phenoxy) is 1. The molecule has 1 aromatic carbocycles. The van der Waals surface area contributed by atoms with Crippen molar-refractivity contribution in [3.05, 3.63) is 53.5 Å². The number of nitriles is 1. The molecule has 0 saturated heterocycles. The second-order valence-electron chi connectivity index (χ2n) is 5.43. The van der Waals surface area contributed by atoms with E-state index in [1.807, 2.05) is 6.07 Å². The smallest absolute Gasteiger partial charge is 0.380 e. The lowest BCUT2D eigenvalue weighted by molar-refractivity contribution is -0.141. The minimum absolute atomic E-state index is 0.191. The van der Waals surface area contributed by atoms with Crippen LogP contribution in [-0.2, 0) is 17.5 Å². The Morgan fingerprint density at radius 2 is 1.92 bits per heavy atom. The van der Waals surface area contributed by atoms with Crippen LogP contribution in [-0.4, -0.2) is 27.5 Å². The van der Waals surface area contributed by atoms with Gasteiger partial charge in [0.05, 0.1) is 6.61 Å². The average molecular weight is 359 g/mol. The van der Waals surface area contributed by atoms with Gasteiger partial charge in [-0.2, -0.15) is 18.4 Å². The Labute approximate surface area is 146 Å². The molecule has 6 nitrogen and oxygen atoms in total. The molecule has 0 aliphatic carbocycles. The number of halogens is 3. The Morgan fingerprint density at radius 3 is 2.54 bits per heavy atom. The second kappa shape index (κ2) is 6.93. The van der Waals surface area contributed by atoms with E-state index in [2.05, 4.69) is 20.4 Å². The number of hydrogen-bond acceptors (Lipinski definition) is 5. The summed E-state index contributed by atoms with van der Waals surface area (Å²) in [4.78, 5) is 3.49. The lowest BCUT2D eigenvalue weighted by Gasteiger charge is -2.10. The van der Waals surface area contributed by atoms with E-state index < -0.39 is 11.9 Å². The molecule has 2 aromatic heterocycles. The molecule has 0 amide bonds. The van der Waals surface area contributed by atoms with Crippen LogP contribution >= 0.6 is 0 Å². The van der Waals surface area contributed by atoms with E-state index in [4.69, 9.17) is 10.00 Å². The van der Waals surface area contributed by atoms with E-state index in [-0.39, 0.29) is 12.3 Å². The van der Waals surface area contributed by atoms with Crippen molar-refractivity contribution in [3.8, 4) is 28.5 Å². The van der Waals surface area contributed by atoms with Gasteiger partial charge in [0.2, 0.25) is 0 Å². The summed E-state index contributed by atoms with van der Waals surface area (Å²) in [6.45, 7) is 0.286. The highest BCUT2D eigenvalue weighted by atomic mass is 19.4. The SMILES string of the molecule is COCc1cc(-c2ccc(C(F)(F)F)nc2)cc(-c2nn[nH]c2C#N)c1. The van der Waals surface area contributed by atoms with Crippen LogP contribution in [0, 0.1) is 11.3 Å². The first-order valence-electron chi connectivity index (χ1n) is 7.40. The summed E-state index contributed by atoms with van der Waals surface area (Å²) in [5.41, 5.74) is 2.08. The zero-order valence-corrected chi connectivity index (χ0v) is 13.5. The zero-order valence-electron chi connectivity index (χ0n) is 13.5. The van der Waals surface area contributed by atoms with Gasteiger partial charge in [0.25, 0.3) is 0 Å². The van der Waals surface area contributed by atoms with Gasteiger partial charge in [-0.3, -0.25) is 4.98 Å². The maximum Gasteiger partial charge on any atom is 0.433 e. The minimum Gasteiger partial charge on any atom is -0.380 e. The standard InChI is InChI=1S/C17H12F3N5O/c1-26-9-10-4-12(11-2-3-15(22-8-11)17(18,19)20)6-13(5-10)16-14(7-21)23-25-24-16/h2-6,8H,9H2,1H3,(H,23,24,25). The largest absolute Gasteiger partial charge is 0.433 e. The van der Waals surface area contributed by atoms with Crippen molar-refractivity contribution < 1.29 is 17.9 Å². The maximum atomic E-state index is 12.7. The van der Waals surface area contributed by atoms with Crippen LogP contribution in [0.15, 0.2) is 36.5 Å². The highest BCUT2D eigenvalue weighted by Crippen LogP contribution is 2.31. The summed E-state index contributed by atoms with van der Waals surface area (Å²) in [7, 11) is 1.53. The number of nitrogens with zero attached hydrogens (tertiary/aromatic N) is 4. The van der Waals surface area contributed by atoms with Gasteiger partial charge >= 0.3 is 6.18 Å². The molecule has 0 aliphatic heterocycles. The van der Waals surface area contributed by atoms with Crippen molar-refractivity contribution in [1.29, 1.82) is 5.26 Å². The van der Waals surface area contributed by atoms with E-state index in [0.29, 0.717) is 22.4 Å². The lowest BCUT2D eigenvalue weighted by Crippen LogP contribution is -2.07. The van der Waals surface area contributed by atoms with E-state index in [1.54, 1.807) is 18.2 Å². The second-order valence-corrected chi connectivity index (χ2v) is 5.43. The van der Waals surface area contributed by atoms with Gasteiger partial charge in [0.1, 0.15) is 17.5 Å². The van der Waals surface area contributed by atoms with E-state index in [0.717, 1.165) is 17.8 Å². The molecule has 0 spiro atoms. The molecule has 0 unspecified atom stereocenters. The van der Waals surface area contributed by atoms with Gasteiger partial charge in [0, 0.05) is 24.4 Å². The Hall–Kier alpha value is -3.25. The number of H-pyrrole nitrogens is 1. The van der Waals surface area contributed by atoms with Crippen LogP contribution in [0.2, 0.25) is 0 Å². The van der Waals surface area contributed by atoms with Gasteiger partial charge < -0.3 is 4.74 Å². The van der Waals surface area contributed by atoms with E-state index in [1.165, 1.54) is 13.2 Å². The fourth-order valence-corrected chi connectivity index (χ4v) is 2.49. The highest BCUT2D eigenvalue weighted by molar-refractivity contribution is 5.74. The number of aromatic amines is 1. The molecular weight excluding hydrogens is 347 g/mol. The fourth-order valence-electron chi connectivity index (χ4n) is 2.49. The molecule has 3 rings (SSSR count). The molecule has 0 bridgehead atoms. The van der Waals surface area contributed by atoms with Crippen molar-refractivity contribution in [2.24, 2.45) is 0 Å². The number of pyridine rings is 1. The molecule has 3 aromatic rings. The van der Waals surface area contributed by atoms with Gasteiger partial charge in [-0.15, -0.1) is 5.10 Å². The summed E-state index contributed by atoms with van der Waals surface area (Å²) in [6.07, 6.45) is -3.34. The monoisotopic (exact) mass is 359 g/mol. The van der Waals surface area contributed by atoms with Crippen LogP contribution in [0.3, 0.4) is 0 Å². The molecule has 9 heteroatoms. The summed E-state index contributed by atoms with van der Waals surface area (Å²) in [5.74, 6) is 0. The van der Waals surface area contributed by atoms with Crippen LogP contribution in [0.4, 0.5) is 13.2 Å². The van der Waals surface area contributed by atoms with Crippen molar-refractivity contribution in [2.75, 3.05) is 7.11 Å². The molecule has 0 radical (unpaired) electrons. The average Bonchev–Trinajstić information content (AvgIpc) is 3.10. The molecular formula is C17H12F3N5O. The number of alkyl halides is 3. The van der Waals surface area contributed by atoms with Crippen molar-refractivity contribution in [2.45, 2.75) is 12.8 Å². The van der Waals surface area contributed by atoms with Crippen LogP contribution < -0.4 is 0 Å². The number of hydrogen-bond donors (Lipinski definition) is 1. The first-order valence-corrected chi connectivity index (χ1v) is 7.40. The molecule has 26 heavy (non-hydrogen) atoms. The van der Waals surface area contributed by atoms with Crippen molar-refractivity contribution >= 4 is 0 Å². The summed E-state index contributed by atoms with van der Waals surface area (Å²) in [6, 6.07) is 9.50. The van der Waals surface area contributed by atoms with Gasteiger partial charge in [-0.1, -0.05) is 11.3 Å². The normalized spacial score (nSPS) is 11.3. The zero-order chi connectivity index (χ0) is 18.7. The third-order valence-electron chi connectivity index (χ3n) is 3.62. The lowest BCUT2D eigenvalue weighted by atomic mass is 9.99. The minimum atomic E-state index is -4.50. The molecule has 0 fully saturated rings. The first kappa shape index (κ1) is 17.6. The van der Waals surface area contributed by atoms with Crippen LogP contribution in [0.5, 0.6) is 0 Å². The molecule has 0 atom stereocenters. The van der Waals surface area contributed by atoms with Gasteiger partial charge in [0.15, 0.2) is 5.69 Å². The maximum absolute atomic E-state index is 12.7. The Bertz CT molecular complexity index is 958. The Balaban J connectivity index is 2.08. The molecule has 132 valence electrons. The third-order valence-corrected chi connectivity index (χ3v) is 3.62. The number of methoxy groups -OCH3 is 1. The number of aromatic nitrogens is 4. The third kappa shape index (κ3) is 3.55. The summed E-state index contributed by atoms with van der Waals surface area (Å²) >= 11 is 0. The quantitative estimate of drug-likeness (QED) is 0.769. The molecule has 0 saturated carbocycles. The first-order chi connectivity index (χ1) is 12.4. The highest BCUT2D eigenvalue weighted by Gasteiger charge is 2.32. The topological polar surface area (TPSA) is 87.5 Å². The van der Waals surface area contributed by atoms with Gasteiger partial charge in [-0.05, 0) is 35.4 Å². The summed E-state index contributed by atoms with van der Waals surface area (Å²) < 4.78 is 43.2. The van der Waals surface area contributed by atoms with E-state index >= 15 is 0 Å². The predicted molar refractivity (Wildman–Crippen MR) is 85.5 cm³/mol. The predicted octanol–water partition coefficient (Wildman–Crippen LogP) is 3.57. The fraction of sp³-hybridized carbons (Fsp3) is 0.176. The number of benzene rings is 1. The van der Waals surface area contributed by atoms with Crippen molar-refractivity contribution in [3.63, 3.8) is 0 Å². The van der Waals surface area contributed by atoms with E-state index in [9.17, 15) is 13.2 Å². The van der Waals surface area contributed by atoms with Gasteiger partial charge in [-0.25, -0.2) is 5.10 Å². The molecule has 2 heterocycles. The van der Waals surface area contributed by atoms with Crippen LogP contribution in [0.1, 0.15) is 17.0 Å². The Morgan fingerprint density at radius 1 is 1.15 bits per heavy atom. The van der Waals surface area contributed by atoms with Crippen molar-refractivity contribution in [1.82, 2.24) is 20.4 Å². The number of rotatable bonds is 4. The number of nitrogens with one attached hydrogen (secondary N) is 1. The van der Waals surface area contributed by atoms with Crippen LogP contribution in [0.25, 0.3) is 22.4 Å². The summed E-state index contributed by atoms with van der Waals surface area (Å²) in [5, 5.41) is 19.2. The Kier molecular flexibility index (Phi) is 4.69.